The minimum atomic E-state index is 0.473. The van der Waals surface area contributed by atoms with Gasteiger partial charge in [-0.3, -0.25) is 0 Å². The fraction of sp³-hybridized carbons (Fsp3) is 0.846. The Balaban J connectivity index is 1.90. The molecule has 0 saturated heterocycles. The Kier molecular flexibility index (Phi) is 4.92. The largest absolute Gasteiger partial charge is 0.309 e. The molecule has 0 amide bonds. The van der Waals surface area contributed by atoms with Crippen LogP contribution in [0.3, 0.4) is 0 Å². The quantitative estimate of drug-likeness (QED) is 0.843. The first kappa shape index (κ1) is 13.0. The lowest BCUT2D eigenvalue weighted by atomic mass is 9.97. The van der Waals surface area contributed by atoms with Crippen molar-refractivity contribution in [1.29, 1.82) is 0 Å². The summed E-state index contributed by atoms with van der Waals surface area (Å²) in [4.78, 5) is 1.34. The topological polar surface area (TPSA) is 37.8 Å². The van der Waals surface area contributed by atoms with Crippen molar-refractivity contribution in [2.75, 3.05) is 6.54 Å². The van der Waals surface area contributed by atoms with Gasteiger partial charge in [0.15, 0.2) is 0 Å². The lowest BCUT2D eigenvalue weighted by Gasteiger charge is -2.18. The Labute approximate surface area is 108 Å². The molecule has 0 aliphatic heterocycles. The highest BCUT2D eigenvalue weighted by Crippen LogP contribution is 2.32. The minimum Gasteiger partial charge on any atom is -0.309 e. The molecule has 1 aliphatic carbocycles. The van der Waals surface area contributed by atoms with Crippen molar-refractivity contribution in [1.82, 2.24) is 14.9 Å². The Morgan fingerprint density at radius 2 is 2.18 bits per heavy atom. The average Bonchev–Trinajstić information content (AvgIpc) is 2.95. The maximum atomic E-state index is 4.13. The molecule has 1 aromatic heterocycles. The molecular weight excluding hydrogens is 230 g/mol. The Morgan fingerprint density at radius 3 is 2.76 bits per heavy atom. The van der Waals surface area contributed by atoms with Crippen LogP contribution < -0.4 is 5.32 Å². The molecule has 17 heavy (non-hydrogen) atoms. The standard InChI is InChI=1S/C13H23N3S/c1-3-14-12(13-10(2)15-16-17-13)9-8-11-6-4-5-7-11/h11-12,14H,3-9H2,1-2H3. The van der Waals surface area contributed by atoms with Gasteiger partial charge in [-0.1, -0.05) is 37.1 Å². The summed E-state index contributed by atoms with van der Waals surface area (Å²) < 4.78 is 4.06. The number of nitrogens with one attached hydrogen (secondary N) is 1. The highest BCUT2D eigenvalue weighted by Gasteiger charge is 2.20. The van der Waals surface area contributed by atoms with Gasteiger partial charge < -0.3 is 5.32 Å². The fourth-order valence-electron chi connectivity index (χ4n) is 2.83. The third-order valence-electron chi connectivity index (χ3n) is 3.79. The van der Waals surface area contributed by atoms with Gasteiger partial charge in [0.2, 0.25) is 0 Å². The number of nitrogens with zero attached hydrogens (tertiary/aromatic N) is 2. The average molecular weight is 253 g/mol. The molecule has 1 N–H and O–H groups in total. The molecule has 1 fully saturated rings. The number of aryl methyl sites for hydroxylation is 1. The zero-order valence-electron chi connectivity index (χ0n) is 10.9. The number of aromatic nitrogens is 2. The first-order valence-electron chi connectivity index (χ1n) is 6.83. The summed E-state index contributed by atoms with van der Waals surface area (Å²) in [5, 5.41) is 7.71. The van der Waals surface area contributed by atoms with Crippen LogP contribution in [0, 0.1) is 12.8 Å². The molecule has 1 aromatic rings. The van der Waals surface area contributed by atoms with Crippen molar-refractivity contribution in [3.05, 3.63) is 10.6 Å². The van der Waals surface area contributed by atoms with E-state index in [4.69, 9.17) is 0 Å². The maximum absolute atomic E-state index is 4.13. The molecule has 0 radical (unpaired) electrons. The first-order chi connectivity index (χ1) is 8.31. The van der Waals surface area contributed by atoms with Crippen LogP contribution in [0.4, 0.5) is 0 Å². The number of hydrogen-bond donors (Lipinski definition) is 1. The summed E-state index contributed by atoms with van der Waals surface area (Å²) in [6.45, 7) is 5.26. The van der Waals surface area contributed by atoms with Crippen LogP contribution in [-0.2, 0) is 0 Å². The van der Waals surface area contributed by atoms with Crippen molar-refractivity contribution < 1.29 is 0 Å². The van der Waals surface area contributed by atoms with Gasteiger partial charge in [0, 0.05) is 6.04 Å². The summed E-state index contributed by atoms with van der Waals surface area (Å²) in [6, 6.07) is 0.473. The second-order valence-corrected chi connectivity index (χ2v) is 5.85. The molecule has 0 aromatic carbocycles. The Morgan fingerprint density at radius 1 is 1.41 bits per heavy atom. The Bertz CT molecular complexity index is 331. The highest BCUT2D eigenvalue weighted by atomic mass is 32.1. The van der Waals surface area contributed by atoms with E-state index in [1.165, 1.54) is 43.4 Å². The van der Waals surface area contributed by atoms with Gasteiger partial charge in [0.25, 0.3) is 0 Å². The van der Waals surface area contributed by atoms with Gasteiger partial charge in [0.05, 0.1) is 10.6 Å². The molecule has 1 unspecified atom stereocenters. The summed E-state index contributed by atoms with van der Waals surface area (Å²) in [5.74, 6) is 0.970. The minimum absolute atomic E-state index is 0.473. The summed E-state index contributed by atoms with van der Waals surface area (Å²) >= 11 is 1.56. The van der Waals surface area contributed by atoms with Crippen LogP contribution in [0.15, 0.2) is 0 Å². The van der Waals surface area contributed by atoms with E-state index in [-0.39, 0.29) is 0 Å². The molecule has 0 bridgehead atoms. The number of rotatable bonds is 6. The lowest BCUT2D eigenvalue weighted by Crippen LogP contribution is -2.21. The van der Waals surface area contributed by atoms with Gasteiger partial charge in [-0.15, -0.1) is 5.10 Å². The summed E-state index contributed by atoms with van der Waals surface area (Å²) in [7, 11) is 0. The fourth-order valence-corrected chi connectivity index (χ4v) is 3.58. The smallest absolute Gasteiger partial charge is 0.0772 e. The summed E-state index contributed by atoms with van der Waals surface area (Å²) in [6.07, 6.45) is 8.37. The number of hydrogen-bond acceptors (Lipinski definition) is 4. The van der Waals surface area contributed by atoms with Crippen molar-refractivity contribution in [2.24, 2.45) is 5.92 Å². The van der Waals surface area contributed by atoms with Crippen LogP contribution in [-0.4, -0.2) is 16.1 Å². The van der Waals surface area contributed by atoms with E-state index < -0.39 is 0 Å². The molecule has 0 spiro atoms. The van der Waals surface area contributed by atoms with E-state index in [2.05, 4.69) is 28.8 Å². The molecular formula is C13H23N3S. The van der Waals surface area contributed by atoms with Crippen molar-refractivity contribution in [3.8, 4) is 0 Å². The third-order valence-corrected chi connectivity index (χ3v) is 4.73. The van der Waals surface area contributed by atoms with Crippen LogP contribution >= 0.6 is 11.5 Å². The van der Waals surface area contributed by atoms with Crippen LogP contribution in [0.5, 0.6) is 0 Å². The van der Waals surface area contributed by atoms with Gasteiger partial charge in [-0.25, -0.2) is 0 Å². The third kappa shape index (κ3) is 3.49. The zero-order chi connectivity index (χ0) is 12.1. The molecule has 1 atom stereocenters. The molecule has 2 rings (SSSR count). The molecule has 4 heteroatoms. The predicted octanol–water partition coefficient (Wildman–Crippen LogP) is 3.47. The molecule has 3 nitrogen and oxygen atoms in total. The normalized spacial score (nSPS) is 18.7. The van der Waals surface area contributed by atoms with Crippen molar-refractivity contribution in [3.63, 3.8) is 0 Å². The van der Waals surface area contributed by atoms with Crippen molar-refractivity contribution in [2.45, 2.75) is 58.4 Å². The second kappa shape index (κ2) is 6.45. The lowest BCUT2D eigenvalue weighted by molar-refractivity contribution is 0.419. The molecule has 96 valence electrons. The van der Waals surface area contributed by atoms with Crippen LogP contribution in [0.25, 0.3) is 0 Å². The van der Waals surface area contributed by atoms with Gasteiger partial charge in [0.1, 0.15) is 0 Å². The van der Waals surface area contributed by atoms with E-state index in [0.29, 0.717) is 6.04 Å². The summed E-state index contributed by atoms with van der Waals surface area (Å²) in [5.41, 5.74) is 1.10. The van der Waals surface area contributed by atoms with E-state index in [1.54, 1.807) is 11.5 Å². The van der Waals surface area contributed by atoms with Gasteiger partial charge >= 0.3 is 0 Å². The predicted molar refractivity (Wildman–Crippen MR) is 72.3 cm³/mol. The monoisotopic (exact) mass is 253 g/mol. The van der Waals surface area contributed by atoms with Gasteiger partial charge in [-0.2, -0.15) is 0 Å². The first-order valence-corrected chi connectivity index (χ1v) is 7.60. The SMILES string of the molecule is CCNC(CCC1CCCC1)c1snnc1C. The second-order valence-electron chi connectivity index (χ2n) is 5.06. The van der Waals surface area contributed by atoms with Crippen LogP contribution in [0.2, 0.25) is 0 Å². The highest BCUT2D eigenvalue weighted by molar-refractivity contribution is 7.05. The van der Waals surface area contributed by atoms with Gasteiger partial charge in [-0.05, 0) is 43.8 Å². The van der Waals surface area contributed by atoms with Crippen molar-refractivity contribution >= 4 is 11.5 Å². The molecule has 1 aliphatic rings. The van der Waals surface area contributed by atoms with Crippen LogP contribution in [0.1, 0.15) is 62.1 Å². The molecule has 1 saturated carbocycles. The zero-order valence-corrected chi connectivity index (χ0v) is 11.7. The van der Waals surface area contributed by atoms with E-state index in [0.717, 1.165) is 18.2 Å². The van der Waals surface area contributed by atoms with E-state index in [9.17, 15) is 0 Å². The van der Waals surface area contributed by atoms with E-state index >= 15 is 0 Å². The maximum Gasteiger partial charge on any atom is 0.0772 e. The van der Waals surface area contributed by atoms with E-state index in [1.807, 2.05) is 0 Å². The molecule has 1 heterocycles. The Hall–Kier alpha value is -0.480.